The first-order valence-corrected chi connectivity index (χ1v) is 11.7. The fourth-order valence-corrected chi connectivity index (χ4v) is 3.97. The molecule has 2 aromatic carbocycles. The number of aromatic nitrogens is 2. The van der Waals surface area contributed by atoms with E-state index in [0.29, 0.717) is 34.8 Å². The van der Waals surface area contributed by atoms with Gasteiger partial charge in [-0.3, -0.25) is 19.2 Å². The molecule has 4 rings (SSSR count). The molecular formula is C27H26N6O5. The van der Waals surface area contributed by atoms with Gasteiger partial charge in [-0.1, -0.05) is 18.2 Å². The van der Waals surface area contributed by atoms with E-state index >= 15 is 0 Å². The van der Waals surface area contributed by atoms with Crippen LogP contribution in [0.3, 0.4) is 0 Å². The third kappa shape index (κ3) is 5.31. The normalized spacial score (nSPS) is 10.6. The lowest BCUT2D eigenvalue weighted by Gasteiger charge is -2.15. The number of primary amides is 1. The Balaban J connectivity index is 1.58. The average molecular weight is 515 g/mol. The molecule has 5 N–H and O–H groups in total. The highest BCUT2D eigenvalue weighted by atomic mass is 16.5. The molecule has 11 heteroatoms. The zero-order chi connectivity index (χ0) is 27.4. The predicted octanol–water partition coefficient (Wildman–Crippen LogP) is 3.38. The van der Waals surface area contributed by atoms with Crippen LogP contribution in [0.2, 0.25) is 0 Å². The van der Waals surface area contributed by atoms with Crippen LogP contribution < -0.4 is 27.2 Å². The predicted molar refractivity (Wildman–Crippen MR) is 143 cm³/mol. The maximum atomic E-state index is 13.2. The summed E-state index contributed by atoms with van der Waals surface area (Å²) >= 11 is 0. The van der Waals surface area contributed by atoms with Crippen molar-refractivity contribution in [3.05, 3.63) is 93.7 Å². The lowest BCUT2D eigenvalue weighted by atomic mass is 10.1. The lowest BCUT2D eigenvalue weighted by molar-refractivity contribution is 0.0994. The molecular weight excluding hydrogens is 488 g/mol. The standard InChI is InChI=1S/C27H26N6O5/c1-4-29-22-20(12-13-30-23(22)26(36)32-19-7-5-6-17(14-19)24(28)34)25(35)31-18-10-8-16(9-11-18)21-15(2)38-33(3)27(21)37/h5-14,29H,4H2,1-3H3,(H2,28,34)(H,31,35)(H,32,36). The van der Waals surface area contributed by atoms with Gasteiger partial charge in [-0.05, 0) is 55.8 Å². The minimum absolute atomic E-state index is 0.00519. The largest absolute Gasteiger partial charge is 0.383 e. The number of amides is 3. The van der Waals surface area contributed by atoms with E-state index in [1.165, 1.54) is 31.4 Å². The SMILES string of the molecule is CCNc1c(C(=O)Nc2ccc(-c3c(C)on(C)c3=O)cc2)ccnc1C(=O)Nc1cccc(C(N)=O)c1. The summed E-state index contributed by atoms with van der Waals surface area (Å²) in [6.07, 6.45) is 1.37. The van der Waals surface area contributed by atoms with E-state index in [2.05, 4.69) is 20.9 Å². The van der Waals surface area contributed by atoms with Crippen LogP contribution in [0.4, 0.5) is 17.1 Å². The summed E-state index contributed by atoms with van der Waals surface area (Å²) < 4.78 is 6.50. The maximum Gasteiger partial charge on any atom is 0.290 e. The molecule has 0 aliphatic heterocycles. The summed E-state index contributed by atoms with van der Waals surface area (Å²) in [5, 5.41) is 8.54. The van der Waals surface area contributed by atoms with Crippen molar-refractivity contribution in [2.45, 2.75) is 13.8 Å². The summed E-state index contributed by atoms with van der Waals surface area (Å²) in [5.41, 5.74) is 7.73. The second-order valence-electron chi connectivity index (χ2n) is 8.37. The number of benzene rings is 2. The number of aryl methyl sites for hydroxylation is 2. The van der Waals surface area contributed by atoms with Crippen LogP contribution in [-0.4, -0.2) is 34.0 Å². The first kappa shape index (κ1) is 25.9. The Morgan fingerprint density at radius 3 is 2.34 bits per heavy atom. The molecule has 0 saturated carbocycles. The van der Waals surface area contributed by atoms with Crippen LogP contribution in [0.25, 0.3) is 11.1 Å². The Bertz CT molecular complexity index is 1590. The number of anilines is 3. The van der Waals surface area contributed by atoms with Crippen molar-refractivity contribution >= 4 is 34.8 Å². The second kappa shape index (κ2) is 10.8. The van der Waals surface area contributed by atoms with Crippen LogP contribution >= 0.6 is 0 Å². The van der Waals surface area contributed by atoms with E-state index in [0.717, 1.165) is 4.74 Å². The van der Waals surface area contributed by atoms with Gasteiger partial charge in [0.1, 0.15) is 5.76 Å². The minimum Gasteiger partial charge on any atom is -0.383 e. The molecule has 194 valence electrons. The molecule has 0 fully saturated rings. The van der Waals surface area contributed by atoms with Gasteiger partial charge >= 0.3 is 0 Å². The van der Waals surface area contributed by atoms with Crippen LogP contribution in [0.5, 0.6) is 0 Å². The van der Waals surface area contributed by atoms with Crippen molar-refractivity contribution in [3.8, 4) is 11.1 Å². The van der Waals surface area contributed by atoms with E-state index in [9.17, 15) is 19.2 Å². The molecule has 0 bridgehead atoms. The summed E-state index contributed by atoms with van der Waals surface area (Å²) in [4.78, 5) is 54.2. The molecule has 0 radical (unpaired) electrons. The first-order chi connectivity index (χ1) is 18.2. The van der Waals surface area contributed by atoms with Gasteiger partial charge < -0.3 is 26.2 Å². The molecule has 0 atom stereocenters. The molecule has 0 aliphatic carbocycles. The number of nitrogens with zero attached hydrogens (tertiary/aromatic N) is 2. The van der Waals surface area contributed by atoms with E-state index in [4.69, 9.17) is 10.3 Å². The summed E-state index contributed by atoms with van der Waals surface area (Å²) in [5.74, 6) is -1.16. The number of carbonyl (C=O) groups excluding carboxylic acids is 3. The van der Waals surface area contributed by atoms with Gasteiger partial charge in [-0.25, -0.2) is 4.98 Å². The average Bonchev–Trinajstić information content (AvgIpc) is 3.15. The van der Waals surface area contributed by atoms with Crippen molar-refractivity contribution < 1.29 is 18.9 Å². The van der Waals surface area contributed by atoms with Gasteiger partial charge in [0.15, 0.2) is 5.69 Å². The van der Waals surface area contributed by atoms with Crippen LogP contribution in [0.15, 0.2) is 70.1 Å². The highest BCUT2D eigenvalue weighted by molar-refractivity contribution is 6.14. The molecule has 4 aromatic rings. The molecule has 0 spiro atoms. The molecule has 11 nitrogen and oxygen atoms in total. The van der Waals surface area contributed by atoms with E-state index in [1.807, 2.05) is 6.92 Å². The Morgan fingerprint density at radius 1 is 1.00 bits per heavy atom. The highest BCUT2D eigenvalue weighted by Crippen LogP contribution is 2.25. The molecule has 0 aliphatic rings. The second-order valence-corrected chi connectivity index (χ2v) is 8.37. The topological polar surface area (TPSA) is 161 Å². The summed E-state index contributed by atoms with van der Waals surface area (Å²) in [7, 11) is 1.54. The summed E-state index contributed by atoms with van der Waals surface area (Å²) in [6.45, 7) is 3.96. The van der Waals surface area contributed by atoms with Crippen molar-refractivity contribution in [2.24, 2.45) is 12.8 Å². The van der Waals surface area contributed by atoms with Gasteiger partial charge in [-0.15, -0.1) is 0 Å². The van der Waals surface area contributed by atoms with Crippen molar-refractivity contribution in [1.82, 2.24) is 9.72 Å². The molecule has 2 heterocycles. The van der Waals surface area contributed by atoms with Gasteiger partial charge in [0.05, 0.1) is 16.8 Å². The number of hydrogen-bond acceptors (Lipinski definition) is 7. The van der Waals surface area contributed by atoms with Crippen LogP contribution in [-0.2, 0) is 7.05 Å². The van der Waals surface area contributed by atoms with E-state index < -0.39 is 17.7 Å². The van der Waals surface area contributed by atoms with Crippen LogP contribution in [0.1, 0.15) is 43.9 Å². The number of nitrogens with one attached hydrogen (secondary N) is 3. The number of nitrogens with two attached hydrogens (primary N) is 1. The number of hydrogen-bond donors (Lipinski definition) is 4. The minimum atomic E-state index is -0.623. The first-order valence-electron chi connectivity index (χ1n) is 11.7. The monoisotopic (exact) mass is 514 g/mol. The molecule has 0 saturated heterocycles. The van der Waals surface area contributed by atoms with E-state index in [1.54, 1.807) is 43.3 Å². The third-order valence-electron chi connectivity index (χ3n) is 5.73. The molecule has 38 heavy (non-hydrogen) atoms. The number of pyridine rings is 1. The smallest absolute Gasteiger partial charge is 0.290 e. The van der Waals surface area contributed by atoms with E-state index in [-0.39, 0.29) is 28.1 Å². The fraction of sp³-hybridized carbons (Fsp3) is 0.148. The quantitative estimate of drug-likeness (QED) is 0.280. The molecule has 0 unspecified atom stereocenters. The lowest BCUT2D eigenvalue weighted by Crippen LogP contribution is -2.21. The van der Waals surface area contributed by atoms with Gasteiger partial charge in [0.2, 0.25) is 5.91 Å². The Labute approximate surface area is 217 Å². The maximum absolute atomic E-state index is 13.2. The highest BCUT2D eigenvalue weighted by Gasteiger charge is 2.21. The Hall–Kier alpha value is -5.19. The fourth-order valence-electron chi connectivity index (χ4n) is 3.97. The van der Waals surface area contributed by atoms with Crippen molar-refractivity contribution in [3.63, 3.8) is 0 Å². The van der Waals surface area contributed by atoms with Gasteiger partial charge in [-0.2, -0.15) is 4.74 Å². The third-order valence-corrected chi connectivity index (χ3v) is 5.73. The van der Waals surface area contributed by atoms with Gasteiger partial charge in [0.25, 0.3) is 17.4 Å². The van der Waals surface area contributed by atoms with Gasteiger partial charge in [0, 0.05) is 36.7 Å². The molecule has 3 amide bonds. The number of carbonyl (C=O) groups is 3. The molecule has 2 aromatic heterocycles. The Morgan fingerprint density at radius 2 is 1.71 bits per heavy atom. The zero-order valence-corrected chi connectivity index (χ0v) is 21.0. The zero-order valence-electron chi connectivity index (χ0n) is 21.0. The van der Waals surface area contributed by atoms with Crippen molar-refractivity contribution in [2.75, 3.05) is 22.5 Å². The summed E-state index contributed by atoms with van der Waals surface area (Å²) in [6, 6.07) is 14.5. The van der Waals surface area contributed by atoms with Crippen molar-refractivity contribution in [1.29, 1.82) is 0 Å². The Kier molecular flexibility index (Phi) is 7.38. The number of rotatable bonds is 8. The van der Waals surface area contributed by atoms with Crippen LogP contribution in [0, 0.1) is 6.92 Å².